The molecule has 1 aromatic rings. The summed E-state index contributed by atoms with van der Waals surface area (Å²) in [4.78, 5) is 12.6. The van der Waals surface area contributed by atoms with Crippen molar-refractivity contribution in [3.63, 3.8) is 0 Å². The first-order valence-corrected chi connectivity index (χ1v) is 6.14. The SMILES string of the molecule is NC1(CNC(=O)Cc2cccs2)CCC1. The zero-order valence-electron chi connectivity index (χ0n) is 8.66. The van der Waals surface area contributed by atoms with Gasteiger partial charge >= 0.3 is 0 Å². The van der Waals surface area contributed by atoms with Crippen LogP contribution in [0.5, 0.6) is 0 Å². The minimum Gasteiger partial charge on any atom is -0.354 e. The van der Waals surface area contributed by atoms with Gasteiger partial charge < -0.3 is 11.1 Å². The van der Waals surface area contributed by atoms with Gasteiger partial charge in [0.25, 0.3) is 0 Å². The van der Waals surface area contributed by atoms with E-state index >= 15 is 0 Å². The van der Waals surface area contributed by atoms with Gasteiger partial charge in [-0.15, -0.1) is 11.3 Å². The van der Waals surface area contributed by atoms with Gasteiger partial charge in [0.05, 0.1) is 6.42 Å². The van der Waals surface area contributed by atoms with Crippen molar-refractivity contribution in [1.29, 1.82) is 0 Å². The van der Waals surface area contributed by atoms with Crippen LogP contribution in [0.25, 0.3) is 0 Å². The van der Waals surface area contributed by atoms with Crippen LogP contribution in [0, 0.1) is 0 Å². The molecule has 2 rings (SSSR count). The summed E-state index contributed by atoms with van der Waals surface area (Å²) in [6.07, 6.45) is 3.74. The minimum atomic E-state index is -0.120. The quantitative estimate of drug-likeness (QED) is 0.809. The highest BCUT2D eigenvalue weighted by atomic mass is 32.1. The number of thiophene rings is 1. The first kappa shape index (κ1) is 10.6. The number of carbonyl (C=O) groups is 1. The minimum absolute atomic E-state index is 0.0779. The van der Waals surface area contributed by atoms with E-state index in [1.54, 1.807) is 11.3 Å². The maximum atomic E-state index is 11.5. The van der Waals surface area contributed by atoms with E-state index in [0.29, 0.717) is 13.0 Å². The Morgan fingerprint density at radius 2 is 2.40 bits per heavy atom. The number of rotatable bonds is 4. The van der Waals surface area contributed by atoms with Crippen molar-refractivity contribution in [1.82, 2.24) is 5.32 Å². The maximum absolute atomic E-state index is 11.5. The van der Waals surface area contributed by atoms with Crippen molar-refractivity contribution in [3.05, 3.63) is 22.4 Å². The predicted molar refractivity (Wildman–Crippen MR) is 61.8 cm³/mol. The highest BCUT2D eigenvalue weighted by Crippen LogP contribution is 2.28. The van der Waals surface area contributed by atoms with Gasteiger partial charge in [-0.3, -0.25) is 4.79 Å². The molecule has 4 heteroatoms. The van der Waals surface area contributed by atoms with Gasteiger partial charge in [0.15, 0.2) is 0 Å². The number of hydrogen-bond donors (Lipinski definition) is 2. The van der Waals surface area contributed by atoms with Crippen molar-refractivity contribution in [2.45, 2.75) is 31.2 Å². The third-order valence-corrected chi connectivity index (χ3v) is 3.78. The van der Waals surface area contributed by atoms with Gasteiger partial charge in [0.1, 0.15) is 0 Å². The van der Waals surface area contributed by atoms with E-state index in [2.05, 4.69) is 5.32 Å². The molecule has 0 spiro atoms. The lowest BCUT2D eigenvalue weighted by molar-refractivity contribution is -0.120. The molecule has 0 bridgehead atoms. The van der Waals surface area contributed by atoms with Gasteiger partial charge in [-0.1, -0.05) is 6.07 Å². The molecule has 1 amide bonds. The highest BCUT2D eigenvalue weighted by Gasteiger charge is 2.32. The molecule has 82 valence electrons. The van der Waals surface area contributed by atoms with Crippen molar-refractivity contribution in [2.24, 2.45) is 5.73 Å². The summed E-state index contributed by atoms with van der Waals surface area (Å²) >= 11 is 1.61. The van der Waals surface area contributed by atoms with E-state index in [1.807, 2.05) is 17.5 Å². The number of amides is 1. The van der Waals surface area contributed by atoms with Crippen molar-refractivity contribution >= 4 is 17.2 Å². The Morgan fingerprint density at radius 1 is 1.60 bits per heavy atom. The number of carbonyl (C=O) groups excluding carboxylic acids is 1. The molecule has 1 aliphatic carbocycles. The monoisotopic (exact) mass is 224 g/mol. The zero-order valence-corrected chi connectivity index (χ0v) is 9.48. The van der Waals surface area contributed by atoms with Gasteiger partial charge in [-0.25, -0.2) is 0 Å². The van der Waals surface area contributed by atoms with Crippen LogP contribution < -0.4 is 11.1 Å². The summed E-state index contributed by atoms with van der Waals surface area (Å²) in [5.41, 5.74) is 5.89. The second-order valence-corrected chi connectivity index (χ2v) is 5.28. The molecule has 1 saturated carbocycles. The molecule has 3 N–H and O–H groups in total. The maximum Gasteiger partial charge on any atom is 0.225 e. The van der Waals surface area contributed by atoms with Crippen molar-refractivity contribution in [3.8, 4) is 0 Å². The third kappa shape index (κ3) is 2.79. The molecule has 1 aliphatic rings. The summed E-state index contributed by atoms with van der Waals surface area (Å²) in [6.45, 7) is 0.622. The van der Waals surface area contributed by atoms with Gasteiger partial charge in [0.2, 0.25) is 5.91 Å². The van der Waals surface area contributed by atoms with Crippen LogP contribution in [-0.2, 0) is 11.2 Å². The predicted octanol–water partition coefficient (Wildman–Crippen LogP) is 1.29. The fourth-order valence-corrected chi connectivity index (χ4v) is 2.42. The number of nitrogens with two attached hydrogens (primary N) is 1. The summed E-state index contributed by atoms with van der Waals surface area (Å²) in [5, 5.41) is 4.89. The fraction of sp³-hybridized carbons (Fsp3) is 0.545. The standard InChI is InChI=1S/C11H16N2OS/c12-11(4-2-5-11)8-13-10(14)7-9-3-1-6-15-9/h1,3,6H,2,4-5,7-8,12H2,(H,13,14). The second-order valence-electron chi connectivity index (χ2n) is 4.25. The van der Waals surface area contributed by atoms with Crippen molar-refractivity contribution < 1.29 is 4.79 Å². The fourth-order valence-electron chi connectivity index (χ4n) is 1.72. The van der Waals surface area contributed by atoms with Crippen LogP contribution in [0.4, 0.5) is 0 Å². The van der Waals surface area contributed by atoms with E-state index in [0.717, 1.165) is 17.7 Å². The molecule has 1 heterocycles. The van der Waals surface area contributed by atoms with Crippen LogP contribution in [0.3, 0.4) is 0 Å². The average Bonchev–Trinajstić information content (AvgIpc) is 2.64. The first-order chi connectivity index (χ1) is 7.18. The highest BCUT2D eigenvalue weighted by molar-refractivity contribution is 7.10. The van der Waals surface area contributed by atoms with Crippen LogP contribution in [0.1, 0.15) is 24.1 Å². The first-order valence-electron chi connectivity index (χ1n) is 5.26. The Hall–Kier alpha value is -0.870. The molecule has 0 unspecified atom stereocenters. The summed E-state index contributed by atoms with van der Waals surface area (Å²) in [7, 11) is 0. The van der Waals surface area contributed by atoms with Crippen LogP contribution in [0.2, 0.25) is 0 Å². The van der Waals surface area contributed by atoms with Crippen LogP contribution in [-0.4, -0.2) is 18.0 Å². The van der Waals surface area contributed by atoms with Crippen LogP contribution >= 0.6 is 11.3 Å². The Balaban J connectivity index is 1.73. The molecule has 0 aliphatic heterocycles. The molecule has 15 heavy (non-hydrogen) atoms. The molecule has 0 aromatic carbocycles. The lowest BCUT2D eigenvalue weighted by Gasteiger charge is -2.38. The third-order valence-electron chi connectivity index (χ3n) is 2.90. The molecule has 1 aromatic heterocycles. The summed E-state index contributed by atoms with van der Waals surface area (Å²) in [6, 6.07) is 3.94. The van der Waals surface area contributed by atoms with E-state index in [1.165, 1.54) is 6.42 Å². The molecule has 0 radical (unpaired) electrons. The van der Waals surface area contributed by atoms with Gasteiger partial charge in [-0.2, -0.15) is 0 Å². The molecular formula is C11H16N2OS. The largest absolute Gasteiger partial charge is 0.354 e. The second kappa shape index (κ2) is 4.33. The lowest BCUT2D eigenvalue weighted by Crippen LogP contribution is -2.55. The molecule has 0 saturated heterocycles. The molecule has 0 atom stereocenters. The van der Waals surface area contributed by atoms with Crippen molar-refractivity contribution in [2.75, 3.05) is 6.54 Å². The van der Waals surface area contributed by atoms with E-state index < -0.39 is 0 Å². The summed E-state index contributed by atoms with van der Waals surface area (Å²) in [5.74, 6) is 0.0779. The normalized spacial score (nSPS) is 18.2. The van der Waals surface area contributed by atoms with E-state index in [4.69, 9.17) is 5.73 Å². The Morgan fingerprint density at radius 3 is 2.93 bits per heavy atom. The average molecular weight is 224 g/mol. The Kier molecular flexibility index (Phi) is 3.07. The molecule has 3 nitrogen and oxygen atoms in total. The van der Waals surface area contributed by atoms with Gasteiger partial charge in [-0.05, 0) is 30.7 Å². The Bertz CT molecular complexity index is 330. The van der Waals surface area contributed by atoms with Gasteiger partial charge in [0, 0.05) is 17.0 Å². The molecule has 1 fully saturated rings. The zero-order chi connectivity index (χ0) is 10.7. The summed E-state index contributed by atoms with van der Waals surface area (Å²) < 4.78 is 0. The Labute approximate surface area is 93.7 Å². The number of hydrogen-bond acceptors (Lipinski definition) is 3. The topological polar surface area (TPSA) is 55.1 Å². The number of nitrogens with one attached hydrogen (secondary N) is 1. The lowest BCUT2D eigenvalue weighted by atomic mass is 9.78. The smallest absolute Gasteiger partial charge is 0.225 e. The van der Waals surface area contributed by atoms with Crippen LogP contribution in [0.15, 0.2) is 17.5 Å². The van der Waals surface area contributed by atoms with E-state index in [9.17, 15) is 4.79 Å². The van der Waals surface area contributed by atoms with E-state index in [-0.39, 0.29) is 11.4 Å². The molecular weight excluding hydrogens is 208 g/mol.